The summed E-state index contributed by atoms with van der Waals surface area (Å²) in [5, 5.41) is 2.91. The van der Waals surface area contributed by atoms with Crippen LogP contribution in [-0.4, -0.2) is 62.5 Å². The van der Waals surface area contributed by atoms with Gasteiger partial charge in [-0.3, -0.25) is 9.69 Å². The summed E-state index contributed by atoms with van der Waals surface area (Å²) < 4.78 is 38.2. The molecule has 8 nitrogen and oxygen atoms in total. The number of fused-ring (bicyclic) bond motifs is 1. The summed E-state index contributed by atoms with van der Waals surface area (Å²) in [5.74, 6) is 1.12. The van der Waals surface area contributed by atoms with Crippen LogP contribution in [0.2, 0.25) is 0 Å². The minimum atomic E-state index is -3.55. The van der Waals surface area contributed by atoms with Crippen molar-refractivity contribution in [3.05, 3.63) is 48.0 Å². The average molecular weight is 446 g/mol. The summed E-state index contributed by atoms with van der Waals surface area (Å²) in [6.07, 6.45) is 0.659. The summed E-state index contributed by atoms with van der Waals surface area (Å²) in [4.78, 5) is 15.1. The molecule has 0 aliphatic carbocycles. The molecule has 2 aromatic carbocycles. The Morgan fingerprint density at radius 3 is 2.52 bits per heavy atom. The molecule has 9 heteroatoms. The Balaban J connectivity index is 1.38. The molecule has 2 heterocycles. The fraction of sp³-hybridized carbons (Fsp3) is 0.409. The third-order valence-corrected chi connectivity index (χ3v) is 7.63. The summed E-state index contributed by atoms with van der Waals surface area (Å²) in [5.41, 5.74) is 1.66. The van der Waals surface area contributed by atoms with Crippen LogP contribution in [0.15, 0.2) is 47.4 Å². The molecule has 31 heavy (non-hydrogen) atoms. The molecule has 1 saturated heterocycles. The lowest BCUT2D eigenvalue weighted by atomic mass is 10.2. The second-order valence-electron chi connectivity index (χ2n) is 7.84. The SMILES string of the molecule is Cc1ccc(S(=O)(=O)N2CCCN([C@H](C)C(=O)Nc3ccc4c(c3)OCO4)CC2)cc1. The molecule has 1 amide bonds. The van der Waals surface area contributed by atoms with Gasteiger partial charge in [0, 0.05) is 37.9 Å². The van der Waals surface area contributed by atoms with Crippen LogP contribution >= 0.6 is 0 Å². The van der Waals surface area contributed by atoms with Crippen molar-refractivity contribution < 1.29 is 22.7 Å². The second kappa shape index (κ2) is 8.86. The fourth-order valence-electron chi connectivity index (χ4n) is 3.79. The maximum absolute atomic E-state index is 13.0. The number of hydrogen-bond donors (Lipinski definition) is 1. The quantitative estimate of drug-likeness (QED) is 0.761. The van der Waals surface area contributed by atoms with Crippen LogP contribution < -0.4 is 14.8 Å². The van der Waals surface area contributed by atoms with Crippen LogP contribution in [0.5, 0.6) is 11.5 Å². The molecule has 0 saturated carbocycles. The number of amides is 1. The number of sulfonamides is 1. The zero-order chi connectivity index (χ0) is 22.0. The Hall–Kier alpha value is -2.62. The number of anilines is 1. The van der Waals surface area contributed by atoms with E-state index in [0.717, 1.165) is 5.56 Å². The molecular formula is C22H27N3O5S. The summed E-state index contributed by atoms with van der Waals surface area (Å²) >= 11 is 0. The average Bonchev–Trinajstić information content (AvgIpc) is 3.07. The van der Waals surface area contributed by atoms with E-state index in [0.29, 0.717) is 54.7 Å². The molecule has 0 radical (unpaired) electrons. The summed E-state index contributed by atoms with van der Waals surface area (Å²) in [6, 6.07) is 11.8. The Morgan fingerprint density at radius 1 is 1.00 bits per heavy atom. The van der Waals surface area contributed by atoms with Crippen molar-refractivity contribution in [2.24, 2.45) is 0 Å². The number of nitrogens with zero attached hydrogens (tertiary/aromatic N) is 2. The topological polar surface area (TPSA) is 88.2 Å². The lowest BCUT2D eigenvalue weighted by Gasteiger charge is -2.27. The lowest BCUT2D eigenvalue weighted by molar-refractivity contribution is -0.120. The zero-order valence-corrected chi connectivity index (χ0v) is 18.5. The summed E-state index contributed by atoms with van der Waals surface area (Å²) in [7, 11) is -3.55. The number of carbonyl (C=O) groups excluding carboxylic acids is 1. The van der Waals surface area contributed by atoms with E-state index in [2.05, 4.69) is 5.32 Å². The van der Waals surface area contributed by atoms with Gasteiger partial charge < -0.3 is 14.8 Å². The Bertz CT molecular complexity index is 1060. The van der Waals surface area contributed by atoms with E-state index in [1.165, 1.54) is 4.31 Å². The Kier molecular flexibility index (Phi) is 6.17. The molecule has 0 aromatic heterocycles. The van der Waals surface area contributed by atoms with Crippen LogP contribution in [0.25, 0.3) is 0 Å². The van der Waals surface area contributed by atoms with Crippen LogP contribution in [0.3, 0.4) is 0 Å². The lowest BCUT2D eigenvalue weighted by Crippen LogP contribution is -2.44. The van der Waals surface area contributed by atoms with E-state index in [1.807, 2.05) is 18.7 Å². The molecule has 0 unspecified atom stereocenters. The Labute approximate surface area is 182 Å². The van der Waals surface area contributed by atoms with Crippen molar-refractivity contribution in [3.63, 3.8) is 0 Å². The highest BCUT2D eigenvalue weighted by molar-refractivity contribution is 7.89. The third-order valence-electron chi connectivity index (χ3n) is 5.72. The first kappa shape index (κ1) is 21.6. The van der Waals surface area contributed by atoms with Crippen molar-refractivity contribution >= 4 is 21.6 Å². The monoisotopic (exact) mass is 445 g/mol. The highest BCUT2D eigenvalue weighted by atomic mass is 32.2. The van der Waals surface area contributed by atoms with Gasteiger partial charge in [0.05, 0.1) is 10.9 Å². The number of benzene rings is 2. The van der Waals surface area contributed by atoms with Gasteiger partial charge in [0.2, 0.25) is 22.7 Å². The predicted octanol–water partition coefficient (Wildman–Crippen LogP) is 2.45. The number of aryl methyl sites for hydroxylation is 1. The van der Waals surface area contributed by atoms with Crippen molar-refractivity contribution in [2.75, 3.05) is 38.3 Å². The maximum atomic E-state index is 13.0. The van der Waals surface area contributed by atoms with Crippen molar-refractivity contribution in [1.29, 1.82) is 0 Å². The molecule has 166 valence electrons. The van der Waals surface area contributed by atoms with E-state index in [-0.39, 0.29) is 12.7 Å². The maximum Gasteiger partial charge on any atom is 0.243 e. The van der Waals surface area contributed by atoms with E-state index >= 15 is 0 Å². The normalized spacial score (nSPS) is 18.4. The highest BCUT2D eigenvalue weighted by Gasteiger charge is 2.30. The van der Waals surface area contributed by atoms with Crippen molar-refractivity contribution in [3.8, 4) is 11.5 Å². The first-order valence-corrected chi connectivity index (χ1v) is 11.8. The standard InChI is InChI=1S/C22H27N3O5S/c1-16-4-7-19(8-5-16)31(27,28)25-11-3-10-24(12-13-25)17(2)22(26)23-18-6-9-20-21(14-18)30-15-29-20/h4-9,14,17H,3,10-13,15H2,1-2H3,(H,23,26)/t17-/m1/s1. The van der Waals surface area contributed by atoms with Crippen molar-refractivity contribution in [2.45, 2.75) is 31.2 Å². The van der Waals surface area contributed by atoms with Crippen LogP contribution in [-0.2, 0) is 14.8 Å². The van der Waals surface area contributed by atoms with Gasteiger partial charge in [-0.15, -0.1) is 0 Å². The molecule has 1 atom stereocenters. The first-order chi connectivity index (χ1) is 14.8. The van der Waals surface area contributed by atoms with Crippen LogP contribution in [0.4, 0.5) is 5.69 Å². The van der Waals surface area contributed by atoms with Gasteiger partial charge in [-0.2, -0.15) is 4.31 Å². The van der Waals surface area contributed by atoms with E-state index in [1.54, 1.807) is 42.5 Å². The Morgan fingerprint density at radius 2 is 1.74 bits per heavy atom. The molecule has 2 aliphatic heterocycles. The van der Waals surface area contributed by atoms with E-state index < -0.39 is 16.1 Å². The number of ether oxygens (including phenoxy) is 2. The van der Waals surface area contributed by atoms with Crippen LogP contribution in [0.1, 0.15) is 18.9 Å². The van der Waals surface area contributed by atoms with Gasteiger partial charge in [0.15, 0.2) is 11.5 Å². The number of hydrogen-bond acceptors (Lipinski definition) is 6. The number of carbonyl (C=O) groups is 1. The number of nitrogens with one attached hydrogen (secondary N) is 1. The van der Waals surface area contributed by atoms with Gasteiger partial charge in [-0.05, 0) is 44.5 Å². The predicted molar refractivity (Wildman–Crippen MR) is 117 cm³/mol. The van der Waals surface area contributed by atoms with E-state index in [9.17, 15) is 13.2 Å². The number of rotatable bonds is 5. The molecule has 1 N–H and O–H groups in total. The molecule has 0 spiro atoms. The highest BCUT2D eigenvalue weighted by Crippen LogP contribution is 2.34. The zero-order valence-electron chi connectivity index (χ0n) is 17.7. The van der Waals surface area contributed by atoms with Gasteiger partial charge in [-0.1, -0.05) is 17.7 Å². The molecule has 2 aliphatic rings. The van der Waals surface area contributed by atoms with Gasteiger partial charge in [0.25, 0.3) is 0 Å². The summed E-state index contributed by atoms with van der Waals surface area (Å²) in [6.45, 7) is 5.86. The van der Waals surface area contributed by atoms with E-state index in [4.69, 9.17) is 9.47 Å². The van der Waals surface area contributed by atoms with Crippen LogP contribution in [0, 0.1) is 6.92 Å². The first-order valence-electron chi connectivity index (χ1n) is 10.4. The fourth-order valence-corrected chi connectivity index (χ4v) is 5.26. The smallest absolute Gasteiger partial charge is 0.243 e. The third kappa shape index (κ3) is 4.68. The largest absolute Gasteiger partial charge is 0.454 e. The minimum absolute atomic E-state index is 0.145. The molecular weight excluding hydrogens is 418 g/mol. The molecule has 4 rings (SSSR count). The molecule has 2 aromatic rings. The van der Waals surface area contributed by atoms with Gasteiger partial charge >= 0.3 is 0 Å². The van der Waals surface area contributed by atoms with Gasteiger partial charge in [0.1, 0.15) is 0 Å². The second-order valence-corrected chi connectivity index (χ2v) is 9.78. The minimum Gasteiger partial charge on any atom is -0.454 e. The van der Waals surface area contributed by atoms with Crippen molar-refractivity contribution in [1.82, 2.24) is 9.21 Å². The molecule has 1 fully saturated rings. The molecule has 0 bridgehead atoms. The van der Waals surface area contributed by atoms with Gasteiger partial charge in [-0.25, -0.2) is 8.42 Å².